The summed E-state index contributed by atoms with van der Waals surface area (Å²) in [6.07, 6.45) is 1.62. The molecule has 0 spiro atoms. The minimum Gasteiger partial charge on any atom is -0.472 e. The fourth-order valence-electron chi connectivity index (χ4n) is 1.44. The number of pyridine rings is 1. The third-order valence-electron chi connectivity index (χ3n) is 2.28. The van der Waals surface area contributed by atoms with Crippen molar-refractivity contribution >= 4 is 5.84 Å². The maximum absolute atomic E-state index is 7.42. The minimum atomic E-state index is -0.0406. The molecule has 86 valence electrons. The predicted octanol–water partition coefficient (Wildman–Crippen LogP) is 1.94. The molecule has 2 rings (SSSR count). The molecule has 0 atom stereocenters. The Kier molecular flexibility index (Phi) is 3.35. The van der Waals surface area contributed by atoms with Crippen molar-refractivity contribution in [2.45, 2.75) is 6.61 Å². The van der Waals surface area contributed by atoms with E-state index in [1.807, 2.05) is 30.3 Å². The summed E-state index contributed by atoms with van der Waals surface area (Å²) >= 11 is 0. The number of nitrogens with one attached hydrogen (secondary N) is 1. The quantitative estimate of drug-likeness (QED) is 0.619. The van der Waals surface area contributed by atoms with Crippen molar-refractivity contribution in [1.82, 2.24) is 4.98 Å². The predicted molar refractivity (Wildman–Crippen MR) is 66.0 cm³/mol. The Labute approximate surface area is 99.6 Å². The van der Waals surface area contributed by atoms with Crippen LogP contribution in [0.15, 0.2) is 48.7 Å². The Bertz CT molecular complexity index is 511. The van der Waals surface area contributed by atoms with Crippen molar-refractivity contribution in [2.75, 3.05) is 0 Å². The van der Waals surface area contributed by atoms with Gasteiger partial charge in [-0.15, -0.1) is 0 Å². The normalized spacial score (nSPS) is 9.88. The van der Waals surface area contributed by atoms with Gasteiger partial charge in [0, 0.05) is 6.20 Å². The van der Waals surface area contributed by atoms with Gasteiger partial charge in [-0.25, -0.2) is 4.98 Å². The highest BCUT2D eigenvalue weighted by molar-refractivity contribution is 5.96. The van der Waals surface area contributed by atoms with Gasteiger partial charge >= 0.3 is 0 Å². The summed E-state index contributed by atoms with van der Waals surface area (Å²) in [4.78, 5) is 4.07. The highest BCUT2D eigenvalue weighted by Crippen LogP contribution is 2.15. The number of nitrogen functional groups attached to an aromatic ring is 1. The van der Waals surface area contributed by atoms with Crippen LogP contribution in [-0.4, -0.2) is 10.8 Å². The van der Waals surface area contributed by atoms with E-state index in [4.69, 9.17) is 15.9 Å². The number of rotatable bonds is 4. The first-order chi connectivity index (χ1) is 8.27. The molecule has 4 heteroatoms. The molecule has 1 heterocycles. The molecule has 0 radical (unpaired) electrons. The third kappa shape index (κ3) is 2.81. The number of hydrogen-bond acceptors (Lipinski definition) is 3. The summed E-state index contributed by atoms with van der Waals surface area (Å²) in [6.45, 7) is 0.415. The molecule has 3 N–H and O–H groups in total. The lowest BCUT2D eigenvalue weighted by Gasteiger charge is -2.08. The molecule has 0 saturated heterocycles. The topological polar surface area (TPSA) is 72.0 Å². The van der Waals surface area contributed by atoms with Crippen molar-refractivity contribution < 1.29 is 4.74 Å². The van der Waals surface area contributed by atoms with Crippen LogP contribution in [0.1, 0.15) is 11.1 Å². The van der Waals surface area contributed by atoms with Crippen LogP contribution in [0.2, 0.25) is 0 Å². The van der Waals surface area contributed by atoms with E-state index in [2.05, 4.69) is 4.98 Å². The van der Waals surface area contributed by atoms with E-state index in [-0.39, 0.29) is 5.84 Å². The Morgan fingerprint density at radius 1 is 1.18 bits per heavy atom. The molecule has 4 nitrogen and oxygen atoms in total. The Hall–Kier alpha value is -2.36. The summed E-state index contributed by atoms with van der Waals surface area (Å²) in [5, 5.41) is 7.42. The van der Waals surface area contributed by atoms with E-state index in [0.29, 0.717) is 18.1 Å². The zero-order chi connectivity index (χ0) is 12.1. The van der Waals surface area contributed by atoms with Crippen LogP contribution in [0.5, 0.6) is 5.88 Å². The van der Waals surface area contributed by atoms with Gasteiger partial charge in [0.1, 0.15) is 12.4 Å². The lowest BCUT2D eigenvalue weighted by Crippen LogP contribution is -2.13. The van der Waals surface area contributed by atoms with Crippen molar-refractivity contribution in [3.05, 3.63) is 59.8 Å². The smallest absolute Gasteiger partial charge is 0.224 e. The molecule has 0 unspecified atom stereocenters. The van der Waals surface area contributed by atoms with Crippen molar-refractivity contribution in [1.29, 1.82) is 5.41 Å². The van der Waals surface area contributed by atoms with E-state index in [9.17, 15) is 0 Å². The monoisotopic (exact) mass is 227 g/mol. The lowest BCUT2D eigenvalue weighted by atomic mass is 10.2. The van der Waals surface area contributed by atoms with E-state index >= 15 is 0 Å². The Morgan fingerprint density at radius 2 is 1.94 bits per heavy atom. The van der Waals surface area contributed by atoms with Gasteiger partial charge in [-0.2, -0.15) is 0 Å². The molecule has 1 aromatic heterocycles. The van der Waals surface area contributed by atoms with Crippen molar-refractivity contribution in [3.8, 4) is 5.88 Å². The van der Waals surface area contributed by atoms with Gasteiger partial charge in [-0.3, -0.25) is 5.41 Å². The zero-order valence-electron chi connectivity index (χ0n) is 9.26. The molecule has 2 aromatic rings. The maximum Gasteiger partial charge on any atom is 0.224 e. The van der Waals surface area contributed by atoms with Gasteiger partial charge in [0.15, 0.2) is 0 Å². The van der Waals surface area contributed by atoms with E-state index in [1.54, 1.807) is 18.3 Å². The van der Waals surface area contributed by atoms with Crippen LogP contribution in [0.3, 0.4) is 0 Å². The van der Waals surface area contributed by atoms with Crippen LogP contribution in [-0.2, 0) is 6.61 Å². The standard InChI is InChI=1S/C13H13N3O/c14-12(15)11-7-4-8-16-13(11)17-9-10-5-2-1-3-6-10/h1-8H,9H2,(H3,14,15). The molecule has 0 bridgehead atoms. The molecule has 0 aliphatic heterocycles. The van der Waals surface area contributed by atoms with Gasteiger partial charge in [-0.1, -0.05) is 30.3 Å². The number of amidine groups is 1. The van der Waals surface area contributed by atoms with Crippen molar-refractivity contribution in [3.63, 3.8) is 0 Å². The summed E-state index contributed by atoms with van der Waals surface area (Å²) in [6, 6.07) is 13.2. The van der Waals surface area contributed by atoms with Crippen LogP contribution in [0, 0.1) is 5.41 Å². The van der Waals surface area contributed by atoms with Crippen molar-refractivity contribution in [2.24, 2.45) is 5.73 Å². The van der Waals surface area contributed by atoms with Gasteiger partial charge in [0.2, 0.25) is 5.88 Å². The fraction of sp³-hybridized carbons (Fsp3) is 0.0769. The molecule has 0 aliphatic carbocycles. The molecule has 0 aliphatic rings. The Balaban J connectivity index is 2.12. The molecular weight excluding hydrogens is 214 g/mol. The van der Waals surface area contributed by atoms with Gasteiger partial charge in [-0.05, 0) is 17.7 Å². The number of ether oxygens (including phenoxy) is 1. The van der Waals surface area contributed by atoms with Gasteiger partial charge < -0.3 is 10.5 Å². The molecule has 0 amide bonds. The van der Waals surface area contributed by atoms with Crippen LogP contribution in [0.25, 0.3) is 0 Å². The third-order valence-corrected chi connectivity index (χ3v) is 2.28. The van der Waals surface area contributed by atoms with E-state index in [1.165, 1.54) is 0 Å². The number of nitrogens with two attached hydrogens (primary N) is 1. The molecular formula is C13H13N3O. The zero-order valence-corrected chi connectivity index (χ0v) is 9.26. The Morgan fingerprint density at radius 3 is 2.65 bits per heavy atom. The number of aromatic nitrogens is 1. The van der Waals surface area contributed by atoms with E-state index < -0.39 is 0 Å². The van der Waals surface area contributed by atoms with Crippen LogP contribution >= 0.6 is 0 Å². The number of hydrogen-bond donors (Lipinski definition) is 2. The second-order valence-electron chi connectivity index (χ2n) is 3.54. The first-order valence-electron chi connectivity index (χ1n) is 5.23. The average molecular weight is 227 g/mol. The summed E-state index contributed by atoms with van der Waals surface area (Å²) < 4.78 is 5.55. The minimum absolute atomic E-state index is 0.0406. The number of nitrogens with zero attached hydrogens (tertiary/aromatic N) is 1. The SMILES string of the molecule is N=C(N)c1cccnc1OCc1ccccc1. The van der Waals surface area contributed by atoms with Crippen LogP contribution in [0.4, 0.5) is 0 Å². The second-order valence-corrected chi connectivity index (χ2v) is 3.54. The fourth-order valence-corrected chi connectivity index (χ4v) is 1.44. The molecule has 1 aromatic carbocycles. The highest BCUT2D eigenvalue weighted by Gasteiger charge is 2.07. The molecule has 17 heavy (non-hydrogen) atoms. The first-order valence-corrected chi connectivity index (χ1v) is 5.23. The molecule has 0 saturated carbocycles. The maximum atomic E-state index is 7.42. The molecule has 0 fully saturated rings. The first kappa shape index (κ1) is 11.1. The lowest BCUT2D eigenvalue weighted by molar-refractivity contribution is 0.293. The van der Waals surface area contributed by atoms with Gasteiger partial charge in [0.05, 0.1) is 5.56 Å². The van der Waals surface area contributed by atoms with Crippen LogP contribution < -0.4 is 10.5 Å². The summed E-state index contributed by atoms with van der Waals surface area (Å²) in [7, 11) is 0. The summed E-state index contributed by atoms with van der Waals surface area (Å²) in [5.74, 6) is 0.352. The summed E-state index contributed by atoms with van der Waals surface area (Å²) in [5.41, 5.74) is 7.01. The second kappa shape index (κ2) is 5.12. The largest absolute Gasteiger partial charge is 0.472 e. The van der Waals surface area contributed by atoms with E-state index in [0.717, 1.165) is 5.56 Å². The number of benzene rings is 1. The average Bonchev–Trinajstić information content (AvgIpc) is 2.38. The highest BCUT2D eigenvalue weighted by atomic mass is 16.5. The van der Waals surface area contributed by atoms with Gasteiger partial charge in [0.25, 0.3) is 0 Å².